The molecular formula is C30H27BF3N5O7. The summed E-state index contributed by atoms with van der Waals surface area (Å²) in [6.07, 6.45) is -2.68. The third-order valence-electron chi connectivity index (χ3n) is 9.79. The van der Waals surface area contributed by atoms with Crippen LogP contribution in [0.3, 0.4) is 0 Å². The molecule has 1 aliphatic carbocycles. The van der Waals surface area contributed by atoms with E-state index in [0.717, 1.165) is 11.1 Å². The molecule has 1 aromatic heterocycles. The normalized spacial score (nSPS) is 25.7. The number of piperidine rings is 2. The smallest absolute Gasteiger partial charge is 0.378 e. The number of benzene rings is 2. The van der Waals surface area contributed by atoms with Crippen molar-refractivity contribution in [3.05, 3.63) is 59.4 Å². The lowest BCUT2D eigenvalue weighted by Crippen LogP contribution is -2.82. The van der Waals surface area contributed by atoms with Crippen LogP contribution in [0.4, 0.5) is 18.9 Å². The molecule has 12 nitrogen and oxygen atoms in total. The van der Waals surface area contributed by atoms with Crippen molar-refractivity contribution >= 4 is 47.9 Å². The fourth-order valence-electron chi connectivity index (χ4n) is 6.92. The molecule has 4 N–H and O–H groups in total. The van der Waals surface area contributed by atoms with E-state index in [0.29, 0.717) is 34.9 Å². The third kappa shape index (κ3) is 4.09. The average molecular weight is 637 g/mol. The van der Waals surface area contributed by atoms with Gasteiger partial charge in [0.15, 0.2) is 6.10 Å². The zero-order valence-corrected chi connectivity index (χ0v) is 24.1. The molecule has 7 rings (SSSR count). The molecule has 1 saturated carbocycles. The number of nitrogens with one attached hydrogen (secondary N) is 1. The highest BCUT2D eigenvalue weighted by Crippen LogP contribution is 2.59. The van der Waals surface area contributed by atoms with E-state index in [2.05, 4.69) is 5.10 Å². The topological polar surface area (TPSA) is 165 Å². The number of hydrogen-bond donors (Lipinski definition) is 4. The molecule has 3 aliphatic heterocycles. The van der Waals surface area contributed by atoms with Crippen LogP contribution in [0.1, 0.15) is 53.2 Å². The van der Waals surface area contributed by atoms with Gasteiger partial charge in [-0.25, -0.2) is 0 Å². The number of aromatic nitrogens is 2. The number of carbonyl (C=O) groups is 4. The quantitative estimate of drug-likeness (QED) is 0.180. The predicted octanol–water partition coefficient (Wildman–Crippen LogP) is 0.656. The molecule has 238 valence electrons. The van der Waals surface area contributed by atoms with Gasteiger partial charge < -0.3 is 20.2 Å². The summed E-state index contributed by atoms with van der Waals surface area (Å²) in [5.74, 6) is -7.98. The van der Waals surface area contributed by atoms with Gasteiger partial charge in [0.2, 0.25) is 17.6 Å². The maximum absolute atomic E-state index is 13.6. The van der Waals surface area contributed by atoms with E-state index < -0.39 is 52.5 Å². The summed E-state index contributed by atoms with van der Waals surface area (Å²) >= 11 is 0. The molecule has 4 aliphatic rings. The van der Waals surface area contributed by atoms with Crippen molar-refractivity contribution in [3.63, 3.8) is 0 Å². The maximum Gasteiger partial charge on any atom is 0.403 e. The molecule has 3 aromatic rings. The molecule has 2 atom stereocenters. The number of aliphatic hydroxyl groups is 3. The number of imide groups is 1. The fourth-order valence-corrected chi connectivity index (χ4v) is 6.92. The highest BCUT2D eigenvalue weighted by Gasteiger charge is 2.69. The van der Waals surface area contributed by atoms with Crippen molar-refractivity contribution in [3.8, 4) is 0 Å². The number of nitrogens with zero attached hydrogens (tertiary/aromatic N) is 4. The fraction of sp³-hybridized carbons (Fsp3) is 0.433. The van der Waals surface area contributed by atoms with Gasteiger partial charge in [0, 0.05) is 36.7 Å². The Balaban J connectivity index is 1.12. The number of aliphatic hydroxyl groups excluding tert-OH is 1. The van der Waals surface area contributed by atoms with Crippen LogP contribution >= 0.6 is 0 Å². The minimum Gasteiger partial charge on any atom is -0.378 e. The lowest BCUT2D eigenvalue weighted by Gasteiger charge is -2.50. The van der Waals surface area contributed by atoms with Gasteiger partial charge in [-0.1, -0.05) is 18.2 Å². The first-order chi connectivity index (χ1) is 21.6. The molecule has 4 amide bonds. The number of hydrogen-bond acceptors (Lipinski definition) is 8. The Bertz CT molecular complexity index is 1830. The molecule has 16 heteroatoms. The van der Waals surface area contributed by atoms with Crippen molar-refractivity contribution in [1.29, 1.82) is 0 Å². The van der Waals surface area contributed by atoms with E-state index in [-0.39, 0.29) is 43.2 Å². The summed E-state index contributed by atoms with van der Waals surface area (Å²) in [5, 5.41) is 38.8. The summed E-state index contributed by atoms with van der Waals surface area (Å²) in [7, 11) is 6.19. The molecule has 2 saturated heterocycles. The molecule has 2 radical (unpaired) electrons. The minimum atomic E-state index is -4.55. The van der Waals surface area contributed by atoms with Crippen LogP contribution in [0.2, 0.25) is 0 Å². The van der Waals surface area contributed by atoms with Crippen LogP contribution in [-0.4, -0.2) is 98.1 Å². The highest BCUT2D eigenvalue weighted by molar-refractivity contribution is 6.40. The zero-order valence-electron chi connectivity index (χ0n) is 24.1. The standard InChI is InChI=1S/C30H27BF3N5O7/c31-28(25(43)36-23(41)22(40)29(28,45)46)39-20-5-4-16(18-2-1-3-19(21(18)20)24(39)42)12-15-13-35-38(14-15)17-6-10-37(11-7-17)26(44)27(8-9-27)30(32,33)34/h1-5,13-14,17,22,40,45-46H,6-12H2,(H,36,41,43). The number of rotatable bonds is 5. The van der Waals surface area contributed by atoms with Crippen LogP contribution in [-0.2, 0) is 20.8 Å². The van der Waals surface area contributed by atoms with Crippen molar-refractivity contribution in [2.75, 3.05) is 18.0 Å². The Hall–Kier alpha value is -4.28. The molecule has 3 fully saturated rings. The van der Waals surface area contributed by atoms with Crippen molar-refractivity contribution < 1.29 is 47.7 Å². The van der Waals surface area contributed by atoms with E-state index >= 15 is 0 Å². The monoisotopic (exact) mass is 637 g/mol. The van der Waals surface area contributed by atoms with Crippen LogP contribution < -0.4 is 10.2 Å². The lowest BCUT2D eigenvalue weighted by atomic mass is 9.64. The molecule has 2 unspecified atom stereocenters. The van der Waals surface area contributed by atoms with E-state index in [4.69, 9.17) is 7.85 Å². The number of alkyl halides is 3. The van der Waals surface area contributed by atoms with Crippen molar-refractivity contribution in [1.82, 2.24) is 20.0 Å². The Labute approximate surface area is 260 Å². The number of likely N-dealkylation sites (tertiary alicyclic amines) is 1. The van der Waals surface area contributed by atoms with Gasteiger partial charge in [-0.05, 0) is 54.3 Å². The number of anilines is 1. The SMILES string of the molecule is [B]C1(N2C(=O)c3cccc4c(Cc5cnn(C6CCN(C(=O)C7(C(F)(F)F)CC7)CC6)c5)ccc2c34)C(=O)NC(=O)C(O)C1(O)O. The molecule has 2 aromatic carbocycles. The van der Waals surface area contributed by atoms with Gasteiger partial charge >= 0.3 is 6.18 Å². The zero-order chi connectivity index (χ0) is 33.0. The molecular weight excluding hydrogens is 610 g/mol. The molecule has 0 bridgehead atoms. The summed E-state index contributed by atoms with van der Waals surface area (Å²) in [5.41, 5.74) is -3.45. The Morgan fingerprint density at radius 1 is 1.09 bits per heavy atom. The summed E-state index contributed by atoms with van der Waals surface area (Å²) in [4.78, 5) is 53.1. The van der Waals surface area contributed by atoms with Gasteiger partial charge in [0.05, 0.1) is 17.9 Å². The largest absolute Gasteiger partial charge is 0.403 e. The lowest BCUT2D eigenvalue weighted by molar-refractivity contribution is -0.246. The first-order valence-electron chi connectivity index (χ1n) is 14.7. The first kappa shape index (κ1) is 30.4. The molecule has 46 heavy (non-hydrogen) atoms. The number of amides is 4. The van der Waals surface area contributed by atoms with Gasteiger partial charge in [-0.2, -0.15) is 18.3 Å². The van der Waals surface area contributed by atoms with Crippen LogP contribution in [0.25, 0.3) is 10.8 Å². The summed E-state index contributed by atoms with van der Waals surface area (Å²) in [6.45, 7) is 0.398. The van der Waals surface area contributed by atoms with E-state index in [1.807, 2.05) is 6.20 Å². The van der Waals surface area contributed by atoms with E-state index in [9.17, 15) is 47.7 Å². The van der Waals surface area contributed by atoms with Gasteiger partial charge in [-0.3, -0.25) is 34.1 Å². The highest BCUT2D eigenvalue weighted by atomic mass is 19.4. The van der Waals surface area contributed by atoms with E-state index in [1.165, 1.54) is 17.0 Å². The molecule has 4 heterocycles. The Kier molecular flexibility index (Phi) is 6.51. The Morgan fingerprint density at radius 3 is 2.43 bits per heavy atom. The van der Waals surface area contributed by atoms with Crippen LogP contribution in [0.15, 0.2) is 42.7 Å². The van der Waals surface area contributed by atoms with Gasteiger partial charge in [-0.15, -0.1) is 0 Å². The number of halogens is 3. The average Bonchev–Trinajstić information content (AvgIpc) is 3.64. The van der Waals surface area contributed by atoms with Crippen LogP contribution in [0, 0.1) is 5.41 Å². The second kappa shape index (κ2) is 9.86. The predicted molar refractivity (Wildman–Crippen MR) is 153 cm³/mol. The second-order valence-electron chi connectivity index (χ2n) is 12.4. The van der Waals surface area contributed by atoms with Crippen molar-refractivity contribution in [2.45, 2.75) is 61.7 Å². The summed E-state index contributed by atoms with van der Waals surface area (Å²) < 4.78 is 42.1. The summed E-state index contributed by atoms with van der Waals surface area (Å²) in [6, 6.07) is 7.88. The minimum absolute atomic E-state index is 0.0709. The maximum atomic E-state index is 13.6. The van der Waals surface area contributed by atoms with Gasteiger partial charge in [0.25, 0.3) is 11.8 Å². The number of carbonyl (C=O) groups excluding carboxylic acids is 4. The molecule has 0 spiro atoms. The first-order valence-corrected chi connectivity index (χ1v) is 14.7. The van der Waals surface area contributed by atoms with Gasteiger partial charge in [0.1, 0.15) is 18.7 Å². The van der Waals surface area contributed by atoms with Crippen molar-refractivity contribution in [2.24, 2.45) is 5.41 Å². The second-order valence-corrected chi connectivity index (χ2v) is 12.4. The third-order valence-corrected chi connectivity index (χ3v) is 9.79. The van der Waals surface area contributed by atoms with E-state index in [1.54, 1.807) is 34.4 Å². The van der Waals surface area contributed by atoms with Crippen LogP contribution in [0.5, 0.6) is 0 Å². The Morgan fingerprint density at radius 2 is 1.78 bits per heavy atom.